The van der Waals surface area contributed by atoms with Crippen molar-refractivity contribution in [3.63, 3.8) is 0 Å². The monoisotopic (exact) mass is 249 g/mol. The molecule has 0 radical (unpaired) electrons. The molecule has 0 amide bonds. The summed E-state index contributed by atoms with van der Waals surface area (Å²) in [6.45, 7) is 11.0. The van der Waals surface area contributed by atoms with Gasteiger partial charge in [-0.15, -0.1) is 0 Å². The third-order valence-electron chi connectivity index (χ3n) is 4.25. The van der Waals surface area contributed by atoms with Crippen LogP contribution in [0.2, 0.25) is 0 Å². The fourth-order valence-corrected chi connectivity index (χ4v) is 2.66. The predicted molar refractivity (Wildman–Crippen MR) is 76.0 cm³/mol. The zero-order chi connectivity index (χ0) is 13.2. The SMILES string of the molecule is CCC(C)(C)NCCn1c(C)nc2c1CCCC2. The zero-order valence-electron chi connectivity index (χ0n) is 12.3. The van der Waals surface area contributed by atoms with Crippen molar-refractivity contribution in [3.05, 3.63) is 17.2 Å². The lowest BCUT2D eigenvalue weighted by atomic mass is 10.0. The van der Waals surface area contributed by atoms with E-state index < -0.39 is 0 Å². The number of aromatic nitrogens is 2. The Bertz CT molecular complexity index is 404. The summed E-state index contributed by atoms with van der Waals surface area (Å²) in [7, 11) is 0. The molecule has 2 rings (SSSR count). The highest BCUT2D eigenvalue weighted by atomic mass is 15.1. The van der Waals surface area contributed by atoms with Crippen molar-refractivity contribution in [2.75, 3.05) is 6.54 Å². The molecule has 0 unspecified atom stereocenters. The van der Waals surface area contributed by atoms with Gasteiger partial charge < -0.3 is 9.88 Å². The molecular weight excluding hydrogens is 222 g/mol. The van der Waals surface area contributed by atoms with E-state index in [0.29, 0.717) is 0 Å². The van der Waals surface area contributed by atoms with Gasteiger partial charge >= 0.3 is 0 Å². The molecule has 0 saturated carbocycles. The molecule has 0 aliphatic heterocycles. The van der Waals surface area contributed by atoms with Crippen LogP contribution in [-0.4, -0.2) is 21.6 Å². The van der Waals surface area contributed by atoms with E-state index >= 15 is 0 Å². The van der Waals surface area contributed by atoms with Crippen molar-refractivity contribution in [2.24, 2.45) is 0 Å². The first-order chi connectivity index (χ1) is 8.53. The van der Waals surface area contributed by atoms with Crippen LogP contribution in [0.1, 0.15) is 57.2 Å². The lowest BCUT2D eigenvalue weighted by molar-refractivity contribution is 0.365. The van der Waals surface area contributed by atoms with Gasteiger partial charge in [-0.3, -0.25) is 0 Å². The quantitative estimate of drug-likeness (QED) is 0.869. The summed E-state index contributed by atoms with van der Waals surface area (Å²) in [4.78, 5) is 4.72. The Kier molecular flexibility index (Phi) is 4.10. The van der Waals surface area contributed by atoms with Gasteiger partial charge in [-0.2, -0.15) is 0 Å². The lowest BCUT2D eigenvalue weighted by Gasteiger charge is -2.25. The van der Waals surface area contributed by atoms with Crippen LogP contribution in [0.25, 0.3) is 0 Å². The van der Waals surface area contributed by atoms with Crippen molar-refractivity contribution in [1.82, 2.24) is 14.9 Å². The van der Waals surface area contributed by atoms with Gasteiger partial charge in [0.1, 0.15) is 5.82 Å². The van der Waals surface area contributed by atoms with Gasteiger partial charge in [0.05, 0.1) is 5.69 Å². The largest absolute Gasteiger partial charge is 0.331 e. The Morgan fingerprint density at radius 3 is 2.72 bits per heavy atom. The zero-order valence-corrected chi connectivity index (χ0v) is 12.3. The minimum Gasteiger partial charge on any atom is -0.331 e. The van der Waals surface area contributed by atoms with Gasteiger partial charge in [0.15, 0.2) is 0 Å². The maximum Gasteiger partial charge on any atom is 0.106 e. The minimum absolute atomic E-state index is 0.245. The standard InChI is InChI=1S/C15H27N3/c1-5-15(3,4)16-10-11-18-12(2)17-13-8-6-7-9-14(13)18/h16H,5-11H2,1-4H3. The smallest absolute Gasteiger partial charge is 0.106 e. The molecule has 1 aromatic rings. The summed E-state index contributed by atoms with van der Waals surface area (Å²) in [5, 5.41) is 3.63. The number of fused-ring (bicyclic) bond motifs is 1. The molecule has 1 aliphatic rings. The van der Waals surface area contributed by atoms with Crippen molar-refractivity contribution in [2.45, 2.75) is 71.9 Å². The Balaban J connectivity index is 1.99. The number of imidazole rings is 1. The van der Waals surface area contributed by atoms with Crippen LogP contribution in [0, 0.1) is 6.92 Å². The molecule has 0 bridgehead atoms. The van der Waals surface area contributed by atoms with Crippen LogP contribution in [-0.2, 0) is 19.4 Å². The number of hydrogen-bond acceptors (Lipinski definition) is 2. The van der Waals surface area contributed by atoms with Gasteiger partial charge in [0.25, 0.3) is 0 Å². The highest BCUT2D eigenvalue weighted by Gasteiger charge is 2.18. The van der Waals surface area contributed by atoms with E-state index in [1.807, 2.05) is 0 Å². The third kappa shape index (κ3) is 2.94. The molecule has 0 saturated heterocycles. The molecule has 1 aliphatic carbocycles. The molecule has 18 heavy (non-hydrogen) atoms. The van der Waals surface area contributed by atoms with Crippen LogP contribution in [0.4, 0.5) is 0 Å². The molecule has 0 aromatic carbocycles. The first-order valence-electron chi connectivity index (χ1n) is 7.33. The lowest BCUT2D eigenvalue weighted by Crippen LogP contribution is -2.40. The second kappa shape index (κ2) is 5.43. The summed E-state index contributed by atoms with van der Waals surface area (Å²) in [5.41, 5.74) is 3.09. The van der Waals surface area contributed by atoms with E-state index in [0.717, 1.165) is 19.5 Å². The van der Waals surface area contributed by atoms with Gasteiger partial charge in [0, 0.05) is 24.3 Å². The Morgan fingerprint density at radius 1 is 1.28 bits per heavy atom. The van der Waals surface area contributed by atoms with E-state index in [9.17, 15) is 0 Å². The van der Waals surface area contributed by atoms with E-state index in [4.69, 9.17) is 4.98 Å². The van der Waals surface area contributed by atoms with Crippen LogP contribution in [0.5, 0.6) is 0 Å². The fraction of sp³-hybridized carbons (Fsp3) is 0.800. The third-order valence-corrected chi connectivity index (χ3v) is 4.25. The van der Waals surface area contributed by atoms with E-state index in [1.54, 1.807) is 0 Å². The number of rotatable bonds is 5. The number of nitrogens with one attached hydrogen (secondary N) is 1. The maximum atomic E-state index is 4.72. The average molecular weight is 249 g/mol. The number of aryl methyl sites for hydroxylation is 2. The summed E-state index contributed by atoms with van der Waals surface area (Å²) in [6.07, 6.45) is 6.19. The highest BCUT2D eigenvalue weighted by Crippen LogP contribution is 2.21. The summed E-state index contributed by atoms with van der Waals surface area (Å²) in [6, 6.07) is 0. The van der Waals surface area contributed by atoms with Crippen LogP contribution in [0.15, 0.2) is 0 Å². The highest BCUT2D eigenvalue weighted by molar-refractivity contribution is 5.19. The van der Waals surface area contributed by atoms with E-state index in [-0.39, 0.29) is 5.54 Å². The predicted octanol–water partition coefficient (Wildman–Crippen LogP) is 2.85. The van der Waals surface area contributed by atoms with Crippen LogP contribution >= 0.6 is 0 Å². The van der Waals surface area contributed by atoms with Crippen LogP contribution < -0.4 is 5.32 Å². The molecule has 1 aromatic heterocycles. The summed E-state index contributed by atoms with van der Waals surface area (Å²) in [5.74, 6) is 1.19. The summed E-state index contributed by atoms with van der Waals surface area (Å²) < 4.78 is 2.42. The van der Waals surface area contributed by atoms with E-state index in [1.165, 1.54) is 42.9 Å². The Labute approximate surface area is 111 Å². The first kappa shape index (κ1) is 13.6. The van der Waals surface area contributed by atoms with Gasteiger partial charge in [0.2, 0.25) is 0 Å². The number of nitrogens with zero attached hydrogens (tertiary/aromatic N) is 2. The van der Waals surface area contributed by atoms with Crippen molar-refractivity contribution in [3.8, 4) is 0 Å². The average Bonchev–Trinajstić information content (AvgIpc) is 2.66. The van der Waals surface area contributed by atoms with Crippen molar-refractivity contribution in [1.29, 1.82) is 0 Å². The molecular formula is C15H27N3. The minimum atomic E-state index is 0.245. The molecule has 0 fully saturated rings. The maximum absolute atomic E-state index is 4.72. The second-order valence-corrected chi connectivity index (χ2v) is 6.08. The number of hydrogen-bond donors (Lipinski definition) is 1. The Morgan fingerprint density at radius 2 is 2.00 bits per heavy atom. The van der Waals surface area contributed by atoms with Crippen molar-refractivity contribution >= 4 is 0 Å². The second-order valence-electron chi connectivity index (χ2n) is 6.08. The normalized spacial score (nSPS) is 15.8. The summed E-state index contributed by atoms with van der Waals surface area (Å²) >= 11 is 0. The molecule has 0 atom stereocenters. The van der Waals surface area contributed by atoms with E-state index in [2.05, 4.69) is 37.6 Å². The molecule has 102 valence electrons. The first-order valence-corrected chi connectivity index (χ1v) is 7.33. The topological polar surface area (TPSA) is 29.9 Å². The van der Waals surface area contributed by atoms with Gasteiger partial charge in [-0.25, -0.2) is 4.98 Å². The molecule has 0 spiro atoms. The van der Waals surface area contributed by atoms with Crippen molar-refractivity contribution < 1.29 is 0 Å². The van der Waals surface area contributed by atoms with Gasteiger partial charge in [-0.1, -0.05) is 6.92 Å². The van der Waals surface area contributed by atoms with Crippen LogP contribution in [0.3, 0.4) is 0 Å². The molecule has 3 heteroatoms. The Hall–Kier alpha value is -0.830. The van der Waals surface area contributed by atoms with Gasteiger partial charge in [-0.05, 0) is 52.9 Å². The molecule has 1 N–H and O–H groups in total. The molecule has 3 nitrogen and oxygen atoms in total. The fourth-order valence-electron chi connectivity index (χ4n) is 2.66. The molecule has 1 heterocycles.